The third-order valence-electron chi connectivity index (χ3n) is 3.62. The zero-order valence-corrected chi connectivity index (χ0v) is 12.3. The molecular formula is C14H21NO3S. The van der Waals surface area contributed by atoms with Crippen molar-refractivity contribution < 1.29 is 14.6 Å². The second-order valence-corrected chi connectivity index (χ2v) is 6.04. The van der Waals surface area contributed by atoms with E-state index in [2.05, 4.69) is 0 Å². The summed E-state index contributed by atoms with van der Waals surface area (Å²) >= 11 is 1.47. The molecule has 0 aliphatic carbocycles. The summed E-state index contributed by atoms with van der Waals surface area (Å²) in [7, 11) is 1.76. The summed E-state index contributed by atoms with van der Waals surface area (Å²) in [4.78, 5) is 14.8. The highest BCUT2D eigenvalue weighted by Crippen LogP contribution is 2.24. The van der Waals surface area contributed by atoms with Gasteiger partial charge in [0.2, 0.25) is 0 Å². The predicted octanol–water partition coefficient (Wildman–Crippen LogP) is 1.92. The summed E-state index contributed by atoms with van der Waals surface area (Å²) in [5.74, 6) is 0.00627. The van der Waals surface area contributed by atoms with Gasteiger partial charge in [-0.2, -0.15) is 0 Å². The van der Waals surface area contributed by atoms with E-state index >= 15 is 0 Å². The van der Waals surface area contributed by atoms with Crippen molar-refractivity contribution in [1.82, 2.24) is 4.90 Å². The van der Waals surface area contributed by atoms with E-state index in [-0.39, 0.29) is 5.91 Å². The smallest absolute Gasteiger partial charge is 0.264 e. The largest absolute Gasteiger partial charge is 0.388 e. The first-order chi connectivity index (χ1) is 9.06. The van der Waals surface area contributed by atoms with Gasteiger partial charge < -0.3 is 14.7 Å². The first-order valence-corrected chi connectivity index (χ1v) is 7.55. The lowest BCUT2D eigenvalue weighted by Crippen LogP contribution is -2.47. The van der Waals surface area contributed by atoms with E-state index in [1.54, 1.807) is 11.9 Å². The van der Waals surface area contributed by atoms with Gasteiger partial charge in [-0.3, -0.25) is 4.79 Å². The Morgan fingerprint density at radius 1 is 1.53 bits per heavy atom. The van der Waals surface area contributed by atoms with Crippen molar-refractivity contribution in [2.24, 2.45) is 0 Å². The molecule has 0 radical (unpaired) electrons. The zero-order valence-electron chi connectivity index (χ0n) is 11.5. The van der Waals surface area contributed by atoms with Crippen LogP contribution >= 0.6 is 11.3 Å². The van der Waals surface area contributed by atoms with Gasteiger partial charge in [-0.05, 0) is 23.4 Å². The number of hydrogen-bond acceptors (Lipinski definition) is 4. The number of aryl methyl sites for hydroxylation is 1. The molecule has 4 nitrogen and oxygen atoms in total. The number of thiophene rings is 1. The molecule has 1 aliphatic rings. The van der Waals surface area contributed by atoms with Crippen LogP contribution in [0.15, 0.2) is 11.4 Å². The molecule has 1 amide bonds. The number of aliphatic hydroxyl groups is 1. The summed E-state index contributed by atoms with van der Waals surface area (Å²) in [5.41, 5.74) is 0.285. The van der Waals surface area contributed by atoms with Crippen molar-refractivity contribution in [2.45, 2.75) is 31.8 Å². The second kappa shape index (κ2) is 6.03. The normalized spacial score (nSPS) is 18.3. The molecule has 1 aromatic rings. The lowest BCUT2D eigenvalue weighted by molar-refractivity contribution is -0.0734. The molecule has 0 unspecified atom stereocenters. The van der Waals surface area contributed by atoms with Crippen molar-refractivity contribution in [2.75, 3.05) is 26.8 Å². The average molecular weight is 283 g/mol. The van der Waals surface area contributed by atoms with Crippen LogP contribution in [0.25, 0.3) is 0 Å². The van der Waals surface area contributed by atoms with E-state index < -0.39 is 5.60 Å². The number of amides is 1. The van der Waals surface area contributed by atoms with Crippen LogP contribution in [0, 0.1) is 0 Å². The number of carbonyl (C=O) groups excluding carboxylic acids is 1. The van der Waals surface area contributed by atoms with Crippen molar-refractivity contribution in [3.63, 3.8) is 0 Å². The van der Waals surface area contributed by atoms with Crippen LogP contribution in [0.5, 0.6) is 0 Å². The molecule has 1 fully saturated rings. The maximum Gasteiger partial charge on any atom is 0.264 e. The summed E-state index contributed by atoms with van der Waals surface area (Å²) in [5, 5.41) is 12.4. The molecule has 19 heavy (non-hydrogen) atoms. The van der Waals surface area contributed by atoms with Crippen molar-refractivity contribution in [3.05, 3.63) is 21.9 Å². The molecule has 1 N–H and O–H groups in total. The van der Waals surface area contributed by atoms with Crippen molar-refractivity contribution in [1.29, 1.82) is 0 Å². The molecule has 1 aromatic heterocycles. The van der Waals surface area contributed by atoms with E-state index in [0.29, 0.717) is 32.6 Å². The van der Waals surface area contributed by atoms with Gasteiger partial charge in [0.25, 0.3) is 5.91 Å². The third kappa shape index (κ3) is 3.35. The van der Waals surface area contributed by atoms with Gasteiger partial charge in [0.15, 0.2) is 0 Å². The highest BCUT2D eigenvalue weighted by atomic mass is 32.1. The number of rotatable bonds is 4. The van der Waals surface area contributed by atoms with Gasteiger partial charge in [0, 0.05) is 39.6 Å². The molecule has 0 aromatic carbocycles. The first-order valence-electron chi connectivity index (χ1n) is 6.68. The zero-order chi connectivity index (χ0) is 13.9. The van der Waals surface area contributed by atoms with Gasteiger partial charge in [0.1, 0.15) is 0 Å². The Labute approximate surface area is 118 Å². The predicted molar refractivity (Wildman–Crippen MR) is 75.7 cm³/mol. The molecule has 5 heteroatoms. The SMILES string of the molecule is CCc1ccsc1C(=O)N(C)CC1(O)CCOCC1. The Hall–Kier alpha value is -0.910. The molecule has 0 spiro atoms. The Kier molecular flexibility index (Phi) is 4.60. The minimum atomic E-state index is -0.799. The maximum atomic E-state index is 12.4. The van der Waals surface area contributed by atoms with Crippen LogP contribution < -0.4 is 0 Å². The Balaban J connectivity index is 2.03. The Bertz CT molecular complexity index is 438. The first kappa shape index (κ1) is 14.5. The average Bonchev–Trinajstić information content (AvgIpc) is 2.86. The fraction of sp³-hybridized carbons (Fsp3) is 0.643. The third-order valence-corrected chi connectivity index (χ3v) is 4.57. The lowest BCUT2D eigenvalue weighted by atomic mass is 9.94. The second-order valence-electron chi connectivity index (χ2n) is 5.13. The fourth-order valence-corrected chi connectivity index (χ4v) is 3.39. The summed E-state index contributed by atoms with van der Waals surface area (Å²) in [6.07, 6.45) is 2.04. The molecular weight excluding hydrogens is 262 g/mol. The standard InChI is InChI=1S/C14H21NO3S/c1-3-11-4-9-19-12(11)13(16)15(2)10-14(17)5-7-18-8-6-14/h4,9,17H,3,5-8,10H2,1-2H3. The molecule has 2 rings (SSSR count). The highest BCUT2D eigenvalue weighted by Gasteiger charge is 2.33. The Morgan fingerprint density at radius 3 is 2.84 bits per heavy atom. The maximum absolute atomic E-state index is 12.4. The number of carbonyl (C=O) groups is 1. The fourth-order valence-electron chi connectivity index (χ4n) is 2.40. The topological polar surface area (TPSA) is 49.8 Å². The van der Waals surface area contributed by atoms with Gasteiger partial charge >= 0.3 is 0 Å². The van der Waals surface area contributed by atoms with Crippen LogP contribution in [-0.2, 0) is 11.2 Å². The van der Waals surface area contributed by atoms with E-state index in [1.807, 2.05) is 18.4 Å². The molecule has 0 bridgehead atoms. The van der Waals surface area contributed by atoms with Gasteiger partial charge in [0.05, 0.1) is 10.5 Å². The monoisotopic (exact) mass is 283 g/mol. The van der Waals surface area contributed by atoms with E-state index in [0.717, 1.165) is 16.9 Å². The molecule has 1 aliphatic heterocycles. The van der Waals surface area contributed by atoms with Crippen LogP contribution in [0.4, 0.5) is 0 Å². The summed E-state index contributed by atoms with van der Waals surface area (Å²) in [6.45, 7) is 3.55. The number of nitrogens with zero attached hydrogens (tertiary/aromatic N) is 1. The number of ether oxygens (including phenoxy) is 1. The van der Waals surface area contributed by atoms with Gasteiger partial charge in [-0.25, -0.2) is 0 Å². The van der Waals surface area contributed by atoms with Crippen LogP contribution in [0.3, 0.4) is 0 Å². The van der Waals surface area contributed by atoms with Crippen LogP contribution in [0.1, 0.15) is 35.0 Å². The van der Waals surface area contributed by atoms with Crippen molar-refractivity contribution in [3.8, 4) is 0 Å². The van der Waals surface area contributed by atoms with Crippen molar-refractivity contribution >= 4 is 17.2 Å². The van der Waals surface area contributed by atoms with Gasteiger partial charge in [-0.1, -0.05) is 6.92 Å². The highest BCUT2D eigenvalue weighted by molar-refractivity contribution is 7.12. The molecule has 1 saturated heterocycles. The Morgan fingerprint density at radius 2 is 2.21 bits per heavy atom. The van der Waals surface area contributed by atoms with E-state index in [4.69, 9.17) is 4.74 Å². The van der Waals surface area contributed by atoms with Gasteiger partial charge in [-0.15, -0.1) is 11.3 Å². The van der Waals surface area contributed by atoms with Crippen LogP contribution in [-0.4, -0.2) is 48.3 Å². The molecule has 0 saturated carbocycles. The lowest BCUT2D eigenvalue weighted by Gasteiger charge is -2.35. The summed E-state index contributed by atoms with van der Waals surface area (Å²) in [6, 6.07) is 1.99. The van der Waals surface area contributed by atoms with E-state index in [9.17, 15) is 9.90 Å². The number of hydrogen-bond donors (Lipinski definition) is 1. The quantitative estimate of drug-likeness (QED) is 0.918. The molecule has 0 atom stereocenters. The minimum absolute atomic E-state index is 0.00627. The minimum Gasteiger partial charge on any atom is -0.388 e. The van der Waals surface area contributed by atoms with Crippen LogP contribution in [0.2, 0.25) is 0 Å². The van der Waals surface area contributed by atoms with E-state index in [1.165, 1.54) is 11.3 Å². The summed E-state index contributed by atoms with van der Waals surface area (Å²) < 4.78 is 5.25. The molecule has 106 valence electrons. The molecule has 2 heterocycles. The number of likely N-dealkylation sites (N-methyl/N-ethyl adjacent to an activating group) is 1.